The van der Waals surface area contributed by atoms with Gasteiger partial charge in [0.1, 0.15) is 11.5 Å². The van der Waals surface area contributed by atoms with E-state index in [-0.39, 0.29) is 11.7 Å². The summed E-state index contributed by atoms with van der Waals surface area (Å²) in [6, 6.07) is 13.3. The lowest BCUT2D eigenvalue weighted by Crippen LogP contribution is -2.15. The van der Waals surface area contributed by atoms with Gasteiger partial charge in [-0.15, -0.1) is 16.8 Å². The quantitative estimate of drug-likeness (QED) is 0.368. The van der Waals surface area contributed by atoms with Gasteiger partial charge in [-0.2, -0.15) is 0 Å². The predicted molar refractivity (Wildman–Crippen MR) is 129 cm³/mol. The molecule has 1 amide bonds. The molecule has 0 aliphatic heterocycles. The minimum atomic E-state index is -0.189. The molecule has 2 aromatic carbocycles. The Hall–Kier alpha value is -3.46. The summed E-state index contributed by atoms with van der Waals surface area (Å²) in [7, 11) is 7.11. The molecule has 0 bridgehead atoms. The van der Waals surface area contributed by atoms with Gasteiger partial charge in [0.25, 0.3) is 0 Å². The van der Waals surface area contributed by atoms with Gasteiger partial charge in [-0.05, 0) is 24.3 Å². The molecular formula is C23H27N5O3S. The third-order valence-electron chi connectivity index (χ3n) is 4.66. The number of methoxy groups -OCH3 is 2. The maximum atomic E-state index is 12.6. The molecule has 1 aromatic heterocycles. The highest BCUT2D eigenvalue weighted by Gasteiger charge is 2.16. The Morgan fingerprint density at radius 2 is 2.00 bits per heavy atom. The Morgan fingerprint density at radius 1 is 1.19 bits per heavy atom. The third-order valence-corrected chi connectivity index (χ3v) is 5.63. The van der Waals surface area contributed by atoms with Crippen LogP contribution in [0.3, 0.4) is 0 Å². The summed E-state index contributed by atoms with van der Waals surface area (Å²) in [5, 5.41) is 12.2. The lowest BCUT2D eigenvalue weighted by Gasteiger charge is -2.14. The van der Waals surface area contributed by atoms with Gasteiger partial charge in [0.15, 0.2) is 11.0 Å². The molecule has 9 heteroatoms. The van der Waals surface area contributed by atoms with Crippen LogP contribution in [-0.2, 0) is 11.3 Å². The molecule has 0 unspecified atom stereocenters. The monoisotopic (exact) mass is 453 g/mol. The first-order valence-electron chi connectivity index (χ1n) is 9.93. The Bertz CT molecular complexity index is 1100. The van der Waals surface area contributed by atoms with Gasteiger partial charge >= 0.3 is 0 Å². The predicted octanol–water partition coefficient (Wildman–Crippen LogP) is 3.95. The van der Waals surface area contributed by atoms with Crippen molar-refractivity contribution >= 4 is 29.0 Å². The van der Waals surface area contributed by atoms with E-state index in [2.05, 4.69) is 28.2 Å². The topological polar surface area (TPSA) is 81.5 Å². The second kappa shape index (κ2) is 10.7. The van der Waals surface area contributed by atoms with Crippen molar-refractivity contribution in [1.82, 2.24) is 14.8 Å². The van der Waals surface area contributed by atoms with Crippen LogP contribution in [0.1, 0.15) is 0 Å². The molecule has 0 atom stereocenters. The van der Waals surface area contributed by atoms with Crippen LogP contribution in [-0.4, -0.2) is 54.7 Å². The van der Waals surface area contributed by atoms with Gasteiger partial charge in [0, 0.05) is 38.0 Å². The molecule has 3 aromatic rings. The van der Waals surface area contributed by atoms with Crippen LogP contribution in [0.2, 0.25) is 0 Å². The molecule has 0 radical (unpaired) electrons. The van der Waals surface area contributed by atoms with E-state index in [9.17, 15) is 4.79 Å². The van der Waals surface area contributed by atoms with Crippen molar-refractivity contribution < 1.29 is 14.3 Å². The molecule has 32 heavy (non-hydrogen) atoms. The largest absolute Gasteiger partial charge is 0.497 e. The fourth-order valence-corrected chi connectivity index (χ4v) is 3.80. The van der Waals surface area contributed by atoms with E-state index >= 15 is 0 Å². The average molecular weight is 454 g/mol. The molecule has 1 N–H and O–H groups in total. The number of benzene rings is 2. The van der Waals surface area contributed by atoms with E-state index in [1.807, 2.05) is 41.8 Å². The van der Waals surface area contributed by atoms with Gasteiger partial charge in [-0.1, -0.05) is 30.0 Å². The van der Waals surface area contributed by atoms with Crippen molar-refractivity contribution in [2.24, 2.45) is 0 Å². The summed E-state index contributed by atoms with van der Waals surface area (Å²) in [6.07, 6.45) is 1.79. The van der Waals surface area contributed by atoms with Crippen molar-refractivity contribution in [3.05, 3.63) is 55.1 Å². The standard InChI is InChI=1S/C23H27N5O3S/c1-6-12-28-22(16-8-7-9-17(13-16)27(2)3)25-26-23(28)32-15-21(29)24-19-14-18(30-4)10-11-20(19)31-5/h6-11,13-14H,1,12,15H2,2-5H3,(H,24,29). The van der Waals surface area contributed by atoms with Gasteiger partial charge < -0.3 is 19.7 Å². The molecule has 0 aliphatic carbocycles. The lowest BCUT2D eigenvalue weighted by atomic mass is 10.2. The van der Waals surface area contributed by atoms with Crippen LogP contribution in [0.15, 0.2) is 60.3 Å². The zero-order chi connectivity index (χ0) is 23.1. The number of ether oxygens (including phenoxy) is 2. The second-order valence-electron chi connectivity index (χ2n) is 7.05. The third kappa shape index (κ3) is 5.42. The molecule has 3 rings (SSSR count). The number of carbonyl (C=O) groups excluding carboxylic acids is 1. The van der Waals surface area contributed by atoms with E-state index in [0.717, 1.165) is 17.1 Å². The summed E-state index contributed by atoms with van der Waals surface area (Å²) < 4.78 is 12.5. The highest BCUT2D eigenvalue weighted by molar-refractivity contribution is 7.99. The molecule has 168 valence electrons. The molecule has 1 heterocycles. The number of hydrogen-bond acceptors (Lipinski definition) is 7. The highest BCUT2D eigenvalue weighted by atomic mass is 32.2. The number of carbonyl (C=O) groups is 1. The summed E-state index contributed by atoms with van der Waals surface area (Å²) in [5.74, 6) is 1.89. The Kier molecular flexibility index (Phi) is 7.77. The fraction of sp³-hybridized carbons (Fsp3) is 0.261. The number of thioether (sulfide) groups is 1. The van der Waals surface area contributed by atoms with Crippen LogP contribution in [0.25, 0.3) is 11.4 Å². The zero-order valence-corrected chi connectivity index (χ0v) is 19.5. The number of nitrogens with zero attached hydrogens (tertiary/aromatic N) is 4. The Morgan fingerprint density at radius 3 is 2.69 bits per heavy atom. The summed E-state index contributed by atoms with van der Waals surface area (Å²) in [4.78, 5) is 14.6. The molecule has 0 aliphatic rings. The molecule has 0 saturated carbocycles. The van der Waals surface area contributed by atoms with Crippen molar-refractivity contribution in [2.45, 2.75) is 11.7 Å². The number of nitrogens with one attached hydrogen (secondary N) is 1. The summed E-state index contributed by atoms with van der Waals surface area (Å²) in [5.41, 5.74) is 2.56. The molecule has 0 spiro atoms. The number of anilines is 2. The minimum Gasteiger partial charge on any atom is -0.497 e. The van der Waals surface area contributed by atoms with Gasteiger partial charge in [0.05, 0.1) is 25.7 Å². The van der Waals surface area contributed by atoms with E-state index in [4.69, 9.17) is 9.47 Å². The number of allylic oxidation sites excluding steroid dienone is 1. The first-order valence-corrected chi connectivity index (χ1v) is 10.9. The van der Waals surface area contributed by atoms with Crippen molar-refractivity contribution in [1.29, 1.82) is 0 Å². The van der Waals surface area contributed by atoms with Crippen molar-refractivity contribution in [3.63, 3.8) is 0 Å². The van der Waals surface area contributed by atoms with E-state index < -0.39 is 0 Å². The van der Waals surface area contributed by atoms with Crippen LogP contribution in [0, 0.1) is 0 Å². The molecule has 8 nitrogen and oxygen atoms in total. The van der Waals surface area contributed by atoms with E-state index in [0.29, 0.717) is 28.9 Å². The van der Waals surface area contributed by atoms with Crippen molar-refractivity contribution in [2.75, 3.05) is 44.3 Å². The lowest BCUT2D eigenvalue weighted by molar-refractivity contribution is -0.113. The Balaban J connectivity index is 1.76. The maximum absolute atomic E-state index is 12.6. The van der Waals surface area contributed by atoms with Gasteiger partial charge in [0.2, 0.25) is 5.91 Å². The second-order valence-corrected chi connectivity index (χ2v) is 8.00. The Labute approximate surface area is 192 Å². The van der Waals surface area contributed by atoms with Crippen LogP contribution >= 0.6 is 11.8 Å². The first kappa shape index (κ1) is 23.2. The molecule has 0 saturated heterocycles. The van der Waals surface area contributed by atoms with Crippen LogP contribution in [0.5, 0.6) is 11.5 Å². The molecule has 0 fully saturated rings. The first-order chi connectivity index (χ1) is 15.5. The highest BCUT2D eigenvalue weighted by Crippen LogP contribution is 2.30. The minimum absolute atomic E-state index is 0.160. The number of hydrogen-bond donors (Lipinski definition) is 1. The van der Waals surface area contributed by atoms with Crippen LogP contribution < -0.4 is 19.7 Å². The number of amides is 1. The maximum Gasteiger partial charge on any atom is 0.234 e. The SMILES string of the molecule is C=CCn1c(SCC(=O)Nc2cc(OC)ccc2OC)nnc1-c1cccc(N(C)C)c1. The number of rotatable bonds is 10. The van der Waals surface area contributed by atoms with Gasteiger partial charge in [-0.3, -0.25) is 9.36 Å². The summed E-state index contributed by atoms with van der Waals surface area (Å²) >= 11 is 1.31. The van der Waals surface area contributed by atoms with Gasteiger partial charge in [-0.25, -0.2) is 0 Å². The normalized spacial score (nSPS) is 10.5. The zero-order valence-electron chi connectivity index (χ0n) is 18.7. The molecular weight excluding hydrogens is 426 g/mol. The van der Waals surface area contributed by atoms with Crippen LogP contribution in [0.4, 0.5) is 11.4 Å². The summed E-state index contributed by atoms with van der Waals surface area (Å²) in [6.45, 7) is 4.37. The van der Waals surface area contributed by atoms with E-state index in [1.165, 1.54) is 11.8 Å². The van der Waals surface area contributed by atoms with E-state index in [1.54, 1.807) is 38.5 Å². The van der Waals surface area contributed by atoms with Crippen molar-refractivity contribution in [3.8, 4) is 22.9 Å². The fourth-order valence-electron chi connectivity index (χ4n) is 3.05. The average Bonchev–Trinajstić information content (AvgIpc) is 3.20. The number of aromatic nitrogens is 3. The smallest absolute Gasteiger partial charge is 0.234 e.